The molecule has 1 aliphatic rings. The molecule has 0 heterocycles. The van der Waals surface area contributed by atoms with Crippen molar-refractivity contribution in [2.24, 2.45) is 5.92 Å². The van der Waals surface area contributed by atoms with E-state index >= 15 is 0 Å². The first-order chi connectivity index (χ1) is 6.65. The van der Waals surface area contributed by atoms with E-state index in [4.69, 9.17) is 5.11 Å². The van der Waals surface area contributed by atoms with Crippen LogP contribution in [0.15, 0.2) is 24.3 Å². The quantitative estimate of drug-likeness (QED) is 0.586. The molecular weight excluding hydrogens is 202 g/mol. The number of carboxylic acids is 1. The number of rotatable bonds is 4. The third kappa shape index (κ3) is 2.63. The largest absolute Gasteiger partial charge is 0.480 e. The van der Waals surface area contributed by atoms with Gasteiger partial charge in [-0.1, -0.05) is 24.3 Å². The number of carbonyl (C=O) groups is 2. The SMILES string of the molecule is O=C(N[C@@H](CS)C(=O)O)C1C=CC=C1. The van der Waals surface area contributed by atoms with Gasteiger partial charge in [0.15, 0.2) is 0 Å². The van der Waals surface area contributed by atoms with Crippen molar-refractivity contribution in [3.05, 3.63) is 24.3 Å². The van der Waals surface area contributed by atoms with Crippen LogP contribution in [0.1, 0.15) is 0 Å². The molecule has 0 saturated carbocycles. The third-order valence-corrected chi connectivity index (χ3v) is 2.21. The zero-order chi connectivity index (χ0) is 10.6. The summed E-state index contributed by atoms with van der Waals surface area (Å²) in [6, 6.07) is -0.923. The highest BCUT2D eigenvalue weighted by atomic mass is 32.1. The van der Waals surface area contributed by atoms with Crippen LogP contribution >= 0.6 is 12.6 Å². The van der Waals surface area contributed by atoms with E-state index in [2.05, 4.69) is 17.9 Å². The Bertz CT molecular complexity index is 286. The highest BCUT2D eigenvalue weighted by Gasteiger charge is 2.21. The molecule has 5 heteroatoms. The summed E-state index contributed by atoms with van der Waals surface area (Å²) in [6.07, 6.45) is 6.90. The van der Waals surface area contributed by atoms with Crippen molar-refractivity contribution >= 4 is 24.5 Å². The molecule has 1 amide bonds. The van der Waals surface area contributed by atoms with Gasteiger partial charge in [0.2, 0.25) is 5.91 Å². The molecule has 76 valence electrons. The first kappa shape index (κ1) is 10.8. The molecule has 0 aromatic heterocycles. The molecule has 0 saturated heterocycles. The summed E-state index contributed by atoms with van der Waals surface area (Å²) >= 11 is 3.84. The lowest BCUT2D eigenvalue weighted by Crippen LogP contribution is -2.44. The van der Waals surface area contributed by atoms with E-state index in [0.717, 1.165) is 0 Å². The molecule has 1 atom stereocenters. The normalized spacial score (nSPS) is 16.9. The second-order valence-corrected chi connectivity index (χ2v) is 3.24. The Morgan fingerprint density at radius 1 is 1.43 bits per heavy atom. The minimum absolute atomic E-state index is 0.0845. The zero-order valence-corrected chi connectivity index (χ0v) is 8.28. The summed E-state index contributed by atoms with van der Waals surface area (Å²) in [7, 11) is 0. The van der Waals surface area contributed by atoms with Gasteiger partial charge in [-0.15, -0.1) is 0 Å². The minimum atomic E-state index is -1.07. The smallest absolute Gasteiger partial charge is 0.327 e. The highest BCUT2D eigenvalue weighted by Crippen LogP contribution is 2.08. The van der Waals surface area contributed by atoms with Crippen molar-refractivity contribution in [1.29, 1.82) is 0 Å². The Hall–Kier alpha value is -1.23. The van der Waals surface area contributed by atoms with Gasteiger partial charge in [-0.25, -0.2) is 4.79 Å². The molecule has 0 aliphatic heterocycles. The number of hydrogen-bond donors (Lipinski definition) is 3. The summed E-state index contributed by atoms with van der Waals surface area (Å²) in [5.74, 6) is -1.64. The predicted molar refractivity (Wildman–Crippen MR) is 55.2 cm³/mol. The van der Waals surface area contributed by atoms with Crippen LogP contribution in [0.4, 0.5) is 0 Å². The van der Waals surface area contributed by atoms with E-state index in [-0.39, 0.29) is 17.6 Å². The molecule has 0 spiro atoms. The number of hydrogen-bond acceptors (Lipinski definition) is 3. The van der Waals surface area contributed by atoms with Crippen LogP contribution in [0.2, 0.25) is 0 Å². The lowest BCUT2D eigenvalue weighted by atomic mass is 10.1. The van der Waals surface area contributed by atoms with Gasteiger partial charge in [-0.3, -0.25) is 4.79 Å². The van der Waals surface area contributed by atoms with Gasteiger partial charge < -0.3 is 10.4 Å². The van der Waals surface area contributed by atoms with Gasteiger partial charge in [0.1, 0.15) is 6.04 Å². The van der Waals surface area contributed by atoms with E-state index < -0.39 is 12.0 Å². The molecule has 0 radical (unpaired) electrons. The van der Waals surface area contributed by atoms with Crippen molar-refractivity contribution in [2.75, 3.05) is 5.75 Å². The van der Waals surface area contributed by atoms with Crippen molar-refractivity contribution in [1.82, 2.24) is 5.32 Å². The summed E-state index contributed by atoms with van der Waals surface area (Å²) in [5.41, 5.74) is 0. The van der Waals surface area contributed by atoms with Gasteiger partial charge in [0.05, 0.1) is 5.92 Å². The number of carbonyl (C=O) groups excluding carboxylic acids is 1. The number of aliphatic carboxylic acids is 1. The fourth-order valence-electron chi connectivity index (χ4n) is 1.06. The van der Waals surface area contributed by atoms with Gasteiger partial charge in [-0.2, -0.15) is 12.6 Å². The second-order valence-electron chi connectivity index (χ2n) is 2.88. The van der Waals surface area contributed by atoms with Gasteiger partial charge in [0, 0.05) is 5.75 Å². The Labute approximate surface area is 87.1 Å². The Morgan fingerprint density at radius 2 is 2.00 bits per heavy atom. The predicted octanol–water partition coefficient (Wildman–Crippen LogP) is 0.228. The molecule has 0 aromatic rings. The first-order valence-electron chi connectivity index (χ1n) is 4.14. The molecule has 1 aliphatic carbocycles. The molecule has 4 nitrogen and oxygen atoms in total. The van der Waals surface area contributed by atoms with Crippen LogP contribution < -0.4 is 5.32 Å². The standard InChI is InChI=1S/C9H11NO3S/c11-8(6-3-1-2-4-6)10-7(5-14)9(12)13/h1-4,6-7,14H,5H2,(H,10,11)(H,12,13)/t7-/m0/s1. The Morgan fingerprint density at radius 3 is 2.43 bits per heavy atom. The molecule has 0 unspecified atom stereocenters. The van der Waals surface area contributed by atoms with Crippen molar-refractivity contribution in [3.63, 3.8) is 0 Å². The average Bonchev–Trinajstić information content (AvgIpc) is 2.65. The van der Waals surface area contributed by atoms with Crippen LogP contribution in [0.5, 0.6) is 0 Å². The number of allylic oxidation sites excluding steroid dienone is 2. The molecule has 0 fully saturated rings. The molecular formula is C9H11NO3S. The monoisotopic (exact) mass is 213 g/mol. The van der Waals surface area contributed by atoms with Gasteiger partial charge in [0.25, 0.3) is 0 Å². The zero-order valence-electron chi connectivity index (χ0n) is 7.38. The van der Waals surface area contributed by atoms with Crippen molar-refractivity contribution in [3.8, 4) is 0 Å². The lowest BCUT2D eigenvalue weighted by Gasteiger charge is -2.13. The molecule has 14 heavy (non-hydrogen) atoms. The fraction of sp³-hybridized carbons (Fsp3) is 0.333. The maximum Gasteiger partial charge on any atom is 0.327 e. The number of nitrogens with one attached hydrogen (secondary N) is 1. The molecule has 2 N–H and O–H groups in total. The summed E-state index contributed by atoms with van der Waals surface area (Å²) in [5, 5.41) is 11.1. The average molecular weight is 213 g/mol. The highest BCUT2D eigenvalue weighted by molar-refractivity contribution is 7.80. The van der Waals surface area contributed by atoms with E-state index in [1.807, 2.05) is 0 Å². The van der Waals surface area contributed by atoms with Gasteiger partial charge in [-0.05, 0) is 0 Å². The number of thiol groups is 1. The third-order valence-electron chi connectivity index (χ3n) is 1.85. The maximum absolute atomic E-state index is 11.4. The molecule has 0 aromatic carbocycles. The summed E-state index contributed by atoms with van der Waals surface area (Å²) in [6.45, 7) is 0. The molecule has 1 rings (SSSR count). The second kappa shape index (κ2) is 4.85. The van der Waals surface area contributed by atoms with Crippen molar-refractivity contribution < 1.29 is 14.7 Å². The molecule has 0 bridgehead atoms. The summed E-state index contributed by atoms with van der Waals surface area (Å²) in [4.78, 5) is 22.0. The van der Waals surface area contributed by atoms with E-state index in [1.54, 1.807) is 24.3 Å². The van der Waals surface area contributed by atoms with Crippen molar-refractivity contribution in [2.45, 2.75) is 6.04 Å². The first-order valence-corrected chi connectivity index (χ1v) is 4.77. The van der Waals surface area contributed by atoms with Crippen LogP contribution in [-0.2, 0) is 9.59 Å². The Balaban J connectivity index is 2.50. The van der Waals surface area contributed by atoms with Crippen LogP contribution in [0, 0.1) is 5.92 Å². The fourth-order valence-corrected chi connectivity index (χ4v) is 1.31. The Kier molecular flexibility index (Phi) is 3.76. The topological polar surface area (TPSA) is 66.4 Å². The van der Waals surface area contributed by atoms with Crippen LogP contribution in [0.3, 0.4) is 0 Å². The number of amides is 1. The van der Waals surface area contributed by atoms with E-state index in [0.29, 0.717) is 0 Å². The van der Waals surface area contributed by atoms with Crippen LogP contribution in [0.25, 0.3) is 0 Å². The van der Waals surface area contributed by atoms with Gasteiger partial charge >= 0.3 is 5.97 Å². The number of carboxylic acid groups (broad SMARTS) is 1. The van der Waals surface area contributed by atoms with E-state index in [1.165, 1.54) is 0 Å². The summed E-state index contributed by atoms with van der Waals surface area (Å²) < 4.78 is 0. The van der Waals surface area contributed by atoms with E-state index in [9.17, 15) is 9.59 Å². The van der Waals surface area contributed by atoms with Crippen LogP contribution in [-0.4, -0.2) is 28.8 Å². The lowest BCUT2D eigenvalue weighted by molar-refractivity contribution is -0.141. The maximum atomic E-state index is 11.4. The minimum Gasteiger partial charge on any atom is -0.480 e.